The third kappa shape index (κ3) is 2.81. The molecular formula is C14H17NO2. The number of benzene rings is 1. The Balaban J connectivity index is 2.24. The first-order valence-electron chi connectivity index (χ1n) is 5.75. The first-order valence-corrected chi connectivity index (χ1v) is 5.75. The second-order valence-electron chi connectivity index (χ2n) is 4.65. The maximum Gasteiger partial charge on any atom is 0.142 e. The minimum absolute atomic E-state index is 0.0256. The molecular weight excluding hydrogens is 214 g/mol. The molecule has 1 aliphatic rings. The molecule has 1 aromatic rings. The predicted octanol–water partition coefficient (Wildman–Crippen LogP) is 2.21. The third-order valence-electron chi connectivity index (χ3n) is 2.79. The minimum Gasteiger partial charge on any atom is -0.351 e. The van der Waals surface area contributed by atoms with Crippen molar-refractivity contribution in [3.63, 3.8) is 0 Å². The van der Waals surface area contributed by atoms with Gasteiger partial charge in [0, 0.05) is 0 Å². The standard InChI is InChI=1S/C14H17NO2/c1-14(2)15-12(9-6-10-16)13(17-14)11-7-4-3-5-8-11/h3-10,12-13,15H,1-2H3/t12-,13-/m1/s1. The lowest BCUT2D eigenvalue weighted by atomic mass is 10.0. The smallest absolute Gasteiger partial charge is 0.142 e. The molecule has 0 spiro atoms. The zero-order valence-corrected chi connectivity index (χ0v) is 10.1. The van der Waals surface area contributed by atoms with Gasteiger partial charge in [-0.2, -0.15) is 0 Å². The van der Waals surface area contributed by atoms with Crippen LogP contribution in [0.1, 0.15) is 25.5 Å². The first kappa shape index (κ1) is 12.0. The van der Waals surface area contributed by atoms with Crippen molar-refractivity contribution in [1.82, 2.24) is 5.32 Å². The van der Waals surface area contributed by atoms with Gasteiger partial charge >= 0.3 is 0 Å². The summed E-state index contributed by atoms with van der Waals surface area (Å²) in [6, 6.07) is 10.1. The van der Waals surface area contributed by atoms with Crippen molar-refractivity contribution >= 4 is 6.29 Å². The fourth-order valence-corrected chi connectivity index (χ4v) is 2.13. The molecule has 1 saturated heterocycles. The van der Waals surface area contributed by atoms with E-state index >= 15 is 0 Å². The quantitative estimate of drug-likeness (QED) is 0.640. The highest BCUT2D eigenvalue weighted by Crippen LogP contribution is 2.33. The molecule has 0 bridgehead atoms. The van der Waals surface area contributed by atoms with Crippen LogP contribution in [0, 0.1) is 0 Å². The Morgan fingerprint density at radius 3 is 2.65 bits per heavy atom. The average molecular weight is 231 g/mol. The van der Waals surface area contributed by atoms with Gasteiger partial charge in [-0.05, 0) is 25.5 Å². The van der Waals surface area contributed by atoms with E-state index in [9.17, 15) is 4.79 Å². The van der Waals surface area contributed by atoms with Gasteiger partial charge in [-0.3, -0.25) is 10.1 Å². The van der Waals surface area contributed by atoms with Gasteiger partial charge in [-0.15, -0.1) is 0 Å². The van der Waals surface area contributed by atoms with Gasteiger partial charge in [0.2, 0.25) is 0 Å². The summed E-state index contributed by atoms with van der Waals surface area (Å²) in [5.41, 5.74) is 0.740. The van der Waals surface area contributed by atoms with E-state index in [0.29, 0.717) is 0 Å². The van der Waals surface area contributed by atoms with Crippen molar-refractivity contribution < 1.29 is 9.53 Å². The summed E-state index contributed by atoms with van der Waals surface area (Å²) in [5, 5.41) is 3.35. The lowest BCUT2D eigenvalue weighted by Crippen LogP contribution is -2.37. The summed E-state index contributed by atoms with van der Waals surface area (Å²) < 4.78 is 5.97. The molecule has 0 radical (unpaired) electrons. The summed E-state index contributed by atoms with van der Waals surface area (Å²) in [6.07, 6.45) is 4.09. The lowest BCUT2D eigenvalue weighted by Gasteiger charge is -2.18. The first-order chi connectivity index (χ1) is 8.12. The number of hydrogen-bond acceptors (Lipinski definition) is 3. The fraction of sp³-hybridized carbons (Fsp3) is 0.357. The molecule has 17 heavy (non-hydrogen) atoms. The molecule has 1 N–H and O–H groups in total. The molecule has 0 saturated carbocycles. The van der Waals surface area contributed by atoms with Crippen molar-refractivity contribution in [3.05, 3.63) is 48.0 Å². The molecule has 0 aliphatic carbocycles. The van der Waals surface area contributed by atoms with Crippen LogP contribution in [0.2, 0.25) is 0 Å². The molecule has 1 fully saturated rings. The lowest BCUT2D eigenvalue weighted by molar-refractivity contribution is -0.104. The van der Waals surface area contributed by atoms with Gasteiger partial charge in [0.15, 0.2) is 0 Å². The van der Waals surface area contributed by atoms with Gasteiger partial charge < -0.3 is 4.74 Å². The summed E-state index contributed by atoms with van der Waals surface area (Å²) in [5.74, 6) is 0. The van der Waals surface area contributed by atoms with Crippen LogP contribution in [0.25, 0.3) is 0 Å². The summed E-state index contributed by atoms with van der Waals surface area (Å²) >= 11 is 0. The topological polar surface area (TPSA) is 38.3 Å². The monoisotopic (exact) mass is 231 g/mol. The van der Waals surface area contributed by atoms with Crippen molar-refractivity contribution in [2.75, 3.05) is 0 Å². The molecule has 1 aromatic carbocycles. The number of hydrogen-bond donors (Lipinski definition) is 1. The minimum atomic E-state index is -0.377. The van der Waals surface area contributed by atoms with E-state index in [-0.39, 0.29) is 17.9 Å². The van der Waals surface area contributed by atoms with Crippen LogP contribution in [0.5, 0.6) is 0 Å². The molecule has 2 atom stereocenters. The Morgan fingerprint density at radius 2 is 2.00 bits per heavy atom. The van der Waals surface area contributed by atoms with Crippen LogP contribution < -0.4 is 5.32 Å². The van der Waals surface area contributed by atoms with Crippen LogP contribution in [-0.2, 0) is 9.53 Å². The number of rotatable bonds is 3. The Hall–Kier alpha value is -1.45. The van der Waals surface area contributed by atoms with E-state index < -0.39 is 0 Å². The normalized spacial score (nSPS) is 27.4. The van der Waals surface area contributed by atoms with Crippen molar-refractivity contribution in [2.45, 2.75) is 31.7 Å². The summed E-state index contributed by atoms with van der Waals surface area (Å²) in [6.45, 7) is 3.97. The predicted molar refractivity (Wildman–Crippen MR) is 66.5 cm³/mol. The highest BCUT2D eigenvalue weighted by molar-refractivity contribution is 5.64. The largest absolute Gasteiger partial charge is 0.351 e. The number of allylic oxidation sites excluding steroid dienone is 1. The van der Waals surface area contributed by atoms with E-state index in [2.05, 4.69) is 5.32 Å². The van der Waals surface area contributed by atoms with E-state index in [0.717, 1.165) is 11.8 Å². The van der Waals surface area contributed by atoms with Crippen LogP contribution >= 0.6 is 0 Å². The van der Waals surface area contributed by atoms with Gasteiger partial charge in [0.05, 0.1) is 6.04 Å². The molecule has 0 amide bonds. The highest BCUT2D eigenvalue weighted by atomic mass is 16.5. The van der Waals surface area contributed by atoms with Crippen molar-refractivity contribution in [3.8, 4) is 0 Å². The van der Waals surface area contributed by atoms with Crippen LogP contribution in [0.15, 0.2) is 42.5 Å². The Labute approximate surface area is 101 Å². The number of ether oxygens (including phenoxy) is 1. The summed E-state index contributed by atoms with van der Waals surface area (Å²) in [4.78, 5) is 10.4. The van der Waals surface area contributed by atoms with Crippen LogP contribution in [-0.4, -0.2) is 18.1 Å². The number of aldehydes is 1. The van der Waals surface area contributed by atoms with E-state index in [1.54, 1.807) is 0 Å². The van der Waals surface area contributed by atoms with E-state index in [1.165, 1.54) is 6.08 Å². The second kappa shape index (κ2) is 4.82. The molecule has 0 unspecified atom stereocenters. The molecule has 0 aromatic heterocycles. The SMILES string of the molecule is CC1(C)N[C@H](C=CC=O)[C@@H](c2ccccc2)O1. The number of carbonyl (C=O) groups excluding carboxylic acids is 1. The zero-order chi connectivity index (χ0) is 12.3. The Kier molecular flexibility index (Phi) is 3.41. The number of nitrogens with one attached hydrogen (secondary N) is 1. The van der Waals surface area contributed by atoms with Crippen molar-refractivity contribution in [1.29, 1.82) is 0 Å². The second-order valence-corrected chi connectivity index (χ2v) is 4.65. The van der Waals surface area contributed by atoms with Gasteiger partial charge in [-0.25, -0.2) is 0 Å². The van der Waals surface area contributed by atoms with Crippen molar-refractivity contribution in [2.24, 2.45) is 0 Å². The maximum absolute atomic E-state index is 10.4. The van der Waals surface area contributed by atoms with E-state index in [4.69, 9.17) is 4.74 Å². The molecule has 2 rings (SSSR count). The molecule has 1 aliphatic heterocycles. The maximum atomic E-state index is 10.4. The molecule has 1 heterocycles. The molecule has 90 valence electrons. The Bertz CT molecular complexity index is 411. The van der Waals surface area contributed by atoms with Crippen LogP contribution in [0.3, 0.4) is 0 Å². The number of carbonyl (C=O) groups is 1. The Morgan fingerprint density at radius 1 is 1.29 bits per heavy atom. The van der Waals surface area contributed by atoms with Gasteiger partial charge in [0.1, 0.15) is 18.1 Å². The van der Waals surface area contributed by atoms with Gasteiger partial charge in [-0.1, -0.05) is 36.4 Å². The van der Waals surface area contributed by atoms with E-state index in [1.807, 2.05) is 50.3 Å². The highest BCUT2D eigenvalue weighted by Gasteiger charge is 2.38. The third-order valence-corrected chi connectivity index (χ3v) is 2.79. The fourth-order valence-electron chi connectivity index (χ4n) is 2.13. The average Bonchev–Trinajstić information content (AvgIpc) is 2.63. The molecule has 3 heteroatoms. The molecule has 3 nitrogen and oxygen atoms in total. The van der Waals surface area contributed by atoms with Gasteiger partial charge in [0.25, 0.3) is 0 Å². The van der Waals surface area contributed by atoms with Crippen LogP contribution in [0.4, 0.5) is 0 Å². The zero-order valence-electron chi connectivity index (χ0n) is 10.1. The summed E-state index contributed by atoms with van der Waals surface area (Å²) in [7, 11) is 0.